The number of nitrogens with one attached hydrogen (secondary N) is 1. The third kappa shape index (κ3) is 3.91. The van der Waals surface area contributed by atoms with Gasteiger partial charge in [0.25, 0.3) is 5.69 Å². The molecule has 0 spiro atoms. The summed E-state index contributed by atoms with van der Waals surface area (Å²) in [6.45, 7) is 6.75. The molecule has 5 nitrogen and oxygen atoms in total. The summed E-state index contributed by atoms with van der Waals surface area (Å²) in [5.41, 5.74) is 1.65. The van der Waals surface area contributed by atoms with Gasteiger partial charge in [-0.1, -0.05) is 0 Å². The summed E-state index contributed by atoms with van der Waals surface area (Å²) in [6, 6.07) is 3.34. The molecule has 1 aromatic rings. The van der Waals surface area contributed by atoms with E-state index in [-0.39, 0.29) is 16.1 Å². The average molecular weight is 330 g/mol. The molecule has 0 bridgehead atoms. The number of rotatable bonds is 5. The van der Waals surface area contributed by atoms with Gasteiger partial charge in [0.1, 0.15) is 0 Å². The highest BCUT2D eigenvalue weighted by molar-refractivity contribution is 9.10. The van der Waals surface area contributed by atoms with Crippen LogP contribution in [0.15, 0.2) is 16.6 Å². The first kappa shape index (κ1) is 15.9. The summed E-state index contributed by atoms with van der Waals surface area (Å²) in [7, 11) is 4.05. The lowest BCUT2D eigenvalue weighted by Gasteiger charge is -2.33. The van der Waals surface area contributed by atoms with Crippen LogP contribution in [-0.2, 0) is 0 Å². The number of aryl methyl sites for hydroxylation is 1. The van der Waals surface area contributed by atoms with E-state index < -0.39 is 0 Å². The Hall–Kier alpha value is -1.14. The van der Waals surface area contributed by atoms with Crippen molar-refractivity contribution in [3.05, 3.63) is 32.3 Å². The number of anilines is 1. The molecule has 0 radical (unpaired) electrons. The first-order chi connectivity index (χ1) is 8.65. The van der Waals surface area contributed by atoms with Gasteiger partial charge in [-0.05, 0) is 56.9 Å². The van der Waals surface area contributed by atoms with E-state index in [2.05, 4.69) is 40.0 Å². The van der Waals surface area contributed by atoms with Crippen molar-refractivity contribution in [2.24, 2.45) is 0 Å². The van der Waals surface area contributed by atoms with Crippen molar-refractivity contribution in [2.75, 3.05) is 26.0 Å². The third-order valence-corrected chi connectivity index (χ3v) is 4.06. The minimum absolute atomic E-state index is 0.00484. The second-order valence-corrected chi connectivity index (χ2v) is 6.29. The molecular formula is C13H20BrN3O2. The summed E-state index contributed by atoms with van der Waals surface area (Å²) in [5.74, 6) is 0. The highest BCUT2D eigenvalue weighted by Crippen LogP contribution is 2.31. The summed E-state index contributed by atoms with van der Waals surface area (Å²) in [5, 5.41) is 14.2. The molecule has 6 heteroatoms. The van der Waals surface area contributed by atoms with E-state index in [4.69, 9.17) is 0 Å². The summed E-state index contributed by atoms with van der Waals surface area (Å²) >= 11 is 3.37. The van der Waals surface area contributed by atoms with Crippen LogP contribution >= 0.6 is 15.9 Å². The van der Waals surface area contributed by atoms with Crippen LogP contribution in [0.1, 0.15) is 19.4 Å². The Morgan fingerprint density at radius 1 is 1.42 bits per heavy atom. The Kier molecular flexibility index (Phi) is 4.92. The zero-order valence-corrected chi connectivity index (χ0v) is 13.5. The molecular weight excluding hydrogens is 310 g/mol. The lowest BCUT2D eigenvalue weighted by atomic mass is 10.0. The molecule has 0 amide bonds. The van der Waals surface area contributed by atoms with Gasteiger partial charge in [0.15, 0.2) is 0 Å². The number of hydrogen-bond donors (Lipinski definition) is 1. The van der Waals surface area contributed by atoms with Crippen LogP contribution < -0.4 is 5.32 Å². The van der Waals surface area contributed by atoms with Gasteiger partial charge >= 0.3 is 0 Å². The monoisotopic (exact) mass is 329 g/mol. The smallest absolute Gasteiger partial charge is 0.273 e. The van der Waals surface area contributed by atoms with Crippen LogP contribution in [0.25, 0.3) is 0 Å². The third-order valence-electron chi connectivity index (χ3n) is 3.40. The number of nitro benzene ring substituents is 1. The van der Waals surface area contributed by atoms with E-state index in [1.54, 1.807) is 19.1 Å². The predicted octanol–water partition coefficient (Wildman–Crippen LogP) is 3.42. The highest BCUT2D eigenvalue weighted by atomic mass is 79.9. The van der Waals surface area contributed by atoms with Crippen LogP contribution in [0.3, 0.4) is 0 Å². The molecule has 0 aliphatic carbocycles. The fourth-order valence-corrected chi connectivity index (χ4v) is 1.94. The molecule has 0 saturated heterocycles. The SMILES string of the molecule is Cc1cc(NCC(C)(C)N(C)C)c(Br)cc1[N+](=O)[O-]. The largest absolute Gasteiger partial charge is 0.382 e. The van der Waals surface area contributed by atoms with Gasteiger partial charge in [-0.3, -0.25) is 10.1 Å². The van der Waals surface area contributed by atoms with Gasteiger partial charge in [-0.15, -0.1) is 0 Å². The molecule has 1 N–H and O–H groups in total. The second kappa shape index (κ2) is 5.88. The van der Waals surface area contributed by atoms with Gasteiger partial charge in [0, 0.05) is 33.9 Å². The summed E-state index contributed by atoms with van der Waals surface area (Å²) < 4.78 is 0.708. The Labute approximate surface area is 122 Å². The lowest BCUT2D eigenvalue weighted by molar-refractivity contribution is -0.385. The van der Waals surface area contributed by atoms with Crippen molar-refractivity contribution >= 4 is 27.3 Å². The second-order valence-electron chi connectivity index (χ2n) is 5.44. The lowest BCUT2D eigenvalue weighted by Crippen LogP contribution is -2.44. The molecule has 0 aliphatic heterocycles. The van der Waals surface area contributed by atoms with Crippen LogP contribution in [0.4, 0.5) is 11.4 Å². The van der Waals surface area contributed by atoms with Crippen LogP contribution in [0, 0.1) is 17.0 Å². The Bertz CT molecular complexity index is 487. The number of halogens is 1. The number of benzene rings is 1. The minimum atomic E-state index is -0.367. The van der Waals surface area contributed by atoms with E-state index in [1.165, 1.54) is 0 Å². The first-order valence-corrected chi connectivity index (χ1v) is 6.80. The van der Waals surface area contributed by atoms with E-state index in [0.717, 1.165) is 12.2 Å². The molecule has 0 atom stereocenters. The molecule has 0 aliphatic rings. The molecule has 106 valence electrons. The predicted molar refractivity (Wildman–Crippen MR) is 81.8 cm³/mol. The maximum Gasteiger partial charge on any atom is 0.273 e. The van der Waals surface area contributed by atoms with E-state index in [1.807, 2.05) is 14.1 Å². The van der Waals surface area contributed by atoms with Gasteiger partial charge in [0.05, 0.1) is 4.92 Å². The van der Waals surface area contributed by atoms with Gasteiger partial charge < -0.3 is 10.2 Å². The van der Waals surface area contributed by atoms with Gasteiger partial charge in [-0.25, -0.2) is 0 Å². The van der Waals surface area contributed by atoms with E-state index in [0.29, 0.717) is 10.0 Å². The van der Waals surface area contributed by atoms with Crippen molar-refractivity contribution in [1.29, 1.82) is 0 Å². The normalized spacial score (nSPS) is 11.7. The molecule has 19 heavy (non-hydrogen) atoms. The minimum Gasteiger partial charge on any atom is -0.382 e. The van der Waals surface area contributed by atoms with Crippen molar-refractivity contribution in [2.45, 2.75) is 26.3 Å². The maximum absolute atomic E-state index is 10.8. The van der Waals surface area contributed by atoms with Crippen molar-refractivity contribution in [1.82, 2.24) is 4.90 Å². The van der Waals surface area contributed by atoms with Crippen LogP contribution in [0.5, 0.6) is 0 Å². The summed E-state index contributed by atoms with van der Waals surface area (Å²) in [4.78, 5) is 12.6. The van der Waals surface area contributed by atoms with Crippen molar-refractivity contribution < 1.29 is 4.92 Å². The Morgan fingerprint density at radius 3 is 2.47 bits per heavy atom. The zero-order valence-electron chi connectivity index (χ0n) is 12.0. The molecule has 0 aromatic heterocycles. The van der Waals surface area contributed by atoms with Crippen molar-refractivity contribution in [3.63, 3.8) is 0 Å². The molecule has 0 heterocycles. The highest BCUT2D eigenvalue weighted by Gasteiger charge is 2.21. The Morgan fingerprint density at radius 2 is 2.00 bits per heavy atom. The summed E-state index contributed by atoms with van der Waals surface area (Å²) in [6.07, 6.45) is 0. The number of nitro groups is 1. The molecule has 0 unspecified atom stereocenters. The zero-order chi connectivity index (χ0) is 14.8. The van der Waals surface area contributed by atoms with E-state index in [9.17, 15) is 10.1 Å². The number of hydrogen-bond acceptors (Lipinski definition) is 4. The number of likely N-dealkylation sites (N-methyl/N-ethyl adjacent to an activating group) is 1. The molecule has 1 aromatic carbocycles. The molecule has 0 saturated carbocycles. The van der Waals surface area contributed by atoms with Crippen LogP contribution in [-0.4, -0.2) is 36.0 Å². The van der Waals surface area contributed by atoms with Gasteiger partial charge in [0.2, 0.25) is 0 Å². The van der Waals surface area contributed by atoms with E-state index >= 15 is 0 Å². The fraction of sp³-hybridized carbons (Fsp3) is 0.538. The van der Waals surface area contributed by atoms with Gasteiger partial charge in [-0.2, -0.15) is 0 Å². The first-order valence-electron chi connectivity index (χ1n) is 6.01. The fourth-order valence-electron chi connectivity index (χ4n) is 1.47. The number of nitrogens with zero attached hydrogens (tertiary/aromatic N) is 2. The van der Waals surface area contributed by atoms with Crippen LogP contribution in [0.2, 0.25) is 0 Å². The average Bonchev–Trinajstić information content (AvgIpc) is 2.29. The standard InChI is InChI=1S/C13H20BrN3O2/c1-9-6-11(10(14)7-12(9)17(18)19)15-8-13(2,3)16(4)5/h6-7,15H,8H2,1-5H3. The molecule has 1 rings (SSSR count). The van der Waals surface area contributed by atoms with Crippen molar-refractivity contribution in [3.8, 4) is 0 Å². The quantitative estimate of drug-likeness (QED) is 0.664. The maximum atomic E-state index is 10.8. The Balaban J connectivity index is 2.92. The topological polar surface area (TPSA) is 58.4 Å². The molecule has 0 fully saturated rings.